The number of nitrogens with zero attached hydrogens (tertiary/aromatic N) is 1. The number of aromatic nitrogens is 1. The number of carbonyl (C=O) groups is 2. The molecule has 0 spiro atoms. The lowest BCUT2D eigenvalue weighted by Gasteiger charge is -2.06. The molecule has 0 aliphatic carbocycles. The molecular formula is C11H15N5O3. The number of anilines is 2. The van der Waals surface area contributed by atoms with E-state index in [0.717, 1.165) is 0 Å². The smallest absolute Gasteiger partial charge is 0.404 e. The van der Waals surface area contributed by atoms with Crippen LogP contribution in [0.1, 0.15) is 10.4 Å². The lowest BCUT2D eigenvalue weighted by Crippen LogP contribution is -2.20. The monoisotopic (exact) mass is 265 g/mol. The van der Waals surface area contributed by atoms with Crippen LogP contribution in [0.2, 0.25) is 0 Å². The van der Waals surface area contributed by atoms with E-state index in [-0.39, 0.29) is 12.1 Å². The Morgan fingerprint density at radius 2 is 2.05 bits per heavy atom. The molecule has 0 bridgehead atoms. The van der Waals surface area contributed by atoms with Gasteiger partial charge in [0.2, 0.25) is 5.91 Å². The van der Waals surface area contributed by atoms with Gasteiger partial charge in [-0.1, -0.05) is 12.2 Å². The quantitative estimate of drug-likeness (QED) is 0.458. The first-order valence-corrected chi connectivity index (χ1v) is 5.41. The fraction of sp³-hybridized carbons (Fsp3) is 0.182. The first-order valence-electron chi connectivity index (χ1n) is 5.41. The summed E-state index contributed by atoms with van der Waals surface area (Å²) in [4.78, 5) is 25.0. The fourth-order valence-electron chi connectivity index (χ4n) is 1.23. The Morgan fingerprint density at radius 1 is 1.37 bits per heavy atom. The zero-order valence-corrected chi connectivity index (χ0v) is 10.1. The number of hydrogen-bond acceptors (Lipinski definition) is 5. The minimum atomic E-state index is -1.08. The van der Waals surface area contributed by atoms with Crippen molar-refractivity contribution in [1.82, 2.24) is 10.3 Å². The first-order chi connectivity index (χ1) is 9.00. The van der Waals surface area contributed by atoms with E-state index < -0.39 is 12.0 Å². The molecule has 0 radical (unpaired) electrons. The van der Waals surface area contributed by atoms with Crippen molar-refractivity contribution in [3.8, 4) is 0 Å². The van der Waals surface area contributed by atoms with E-state index in [1.807, 2.05) is 0 Å². The molecule has 1 heterocycles. The van der Waals surface area contributed by atoms with Crippen LogP contribution in [-0.2, 0) is 0 Å². The van der Waals surface area contributed by atoms with Crippen LogP contribution in [0.15, 0.2) is 24.4 Å². The van der Waals surface area contributed by atoms with Crippen molar-refractivity contribution >= 4 is 23.5 Å². The molecule has 8 nitrogen and oxygen atoms in total. The zero-order valence-electron chi connectivity index (χ0n) is 10.1. The molecule has 0 saturated carbocycles. The van der Waals surface area contributed by atoms with Crippen molar-refractivity contribution in [2.24, 2.45) is 5.73 Å². The maximum Gasteiger partial charge on any atom is 0.404 e. The molecule has 0 aromatic carbocycles. The van der Waals surface area contributed by atoms with Gasteiger partial charge in [-0.25, -0.2) is 9.78 Å². The topological polar surface area (TPSA) is 143 Å². The number of amides is 2. The summed E-state index contributed by atoms with van der Waals surface area (Å²) in [5, 5.41) is 13.4. The first kappa shape index (κ1) is 14.3. The Hall–Kier alpha value is -2.77. The van der Waals surface area contributed by atoms with Crippen LogP contribution in [0.5, 0.6) is 0 Å². The average Bonchev–Trinajstić information content (AvgIpc) is 2.34. The standard InChI is InChI=1S/C11H15N5O3/c12-8-5-7(9(13)17)6-16-10(8)14-3-1-2-4-15-11(18)19/h1-2,5-6,15H,3-4,12H2,(H2,13,17)(H,14,16)(H,18,19)/b2-1+. The molecule has 7 N–H and O–H groups in total. The number of nitrogens with two attached hydrogens (primary N) is 2. The van der Waals surface area contributed by atoms with Gasteiger partial charge >= 0.3 is 6.09 Å². The van der Waals surface area contributed by atoms with Crippen LogP contribution in [0, 0.1) is 0 Å². The van der Waals surface area contributed by atoms with Gasteiger partial charge < -0.3 is 27.2 Å². The molecule has 0 saturated heterocycles. The van der Waals surface area contributed by atoms with Gasteiger partial charge in [0.25, 0.3) is 0 Å². The van der Waals surface area contributed by atoms with Gasteiger partial charge in [0.05, 0.1) is 11.3 Å². The summed E-state index contributed by atoms with van der Waals surface area (Å²) < 4.78 is 0. The van der Waals surface area contributed by atoms with Crippen molar-refractivity contribution in [1.29, 1.82) is 0 Å². The third kappa shape index (κ3) is 4.94. The minimum absolute atomic E-state index is 0.223. The summed E-state index contributed by atoms with van der Waals surface area (Å²) in [7, 11) is 0. The summed E-state index contributed by atoms with van der Waals surface area (Å²) in [5.41, 5.74) is 11.3. The van der Waals surface area contributed by atoms with Gasteiger partial charge in [0.1, 0.15) is 5.82 Å². The molecule has 0 atom stereocenters. The van der Waals surface area contributed by atoms with Gasteiger partial charge in [-0.05, 0) is 6.07 Å². The minimum Gasteiger partial charge on any atom is -0.465 e. The van der Waals surface area contributed by atoms with Gasteiger partial charge in [-0.2, -0.15) is 0 Å². The highest BCUT2D eigenvalue weighted by atomic mass is 16.4. The number of pyridine rings is 1. The Kier molecular flexibility index (Phi) is 5.15. The van der Waals surface area contributed by atoms with E-state index >= 15 is 0 Å². The zero-order chi connectivity index (χ0) is 14.3. The van der Waals surface area contributed by atoms with Crippen LogP contribution < -0.4 is 22.1 Å². The van der Waals surface area contributed by atoms with E-state index in [2.05, 4.69) is 15.6 Å². The van der Waals surface area contributed by atoms with Gasteiger partial charge in [-0.3, -0.25) is 4.79 Å². The Morgan fingerprint density at radius 3 is 2.63 bits per heavy atom. The highest BCUT2D eigenvalue weighted by Crippen LogP contribution is 2.15. The Balaban J connectivity index is 2.45. The SMILES string of the molecule is NC(=O)c1cnc(NC/C=C/CNC(=O)O)c(N)c1. The molecular weight excluding hydrogens is 250 g/mol. The predicted molar refractivity (Wildman–Crippen MR) is 70.8 cm³/mol. The van der Waals surface area contributed by atoms with E-state index in [1.54, 1.807) is 12.2 Å². The number of primary amides is 1. The second-order valence-electron chi connectivity index (χ2n) is 3.56. The van der Waals surface area contributed by atoms with E-state index in [4.69, 9.17) is 16.6 Å². The molecule has 1 aromatic heterocycles. The molecule has 0 aliphatic heterocycles. The van der Waals surface area contributed by atoms with Crippen molar-refractivity contribution in [2.75, 3.05) is 24.1 Å². The molecule has 2 amide bonds. The summed E-state index contributed by atoms with van der Waals surface area (Å²) in [6, 6.07) is 1.44. The summed E-state index contributed by atoms with van der Waals surface area (Å²) >= 11 is 0. The third-order valence-electron chi connectivity index (χ3n) is 2.13. The van der Waals surface area contributed by atoms with Crippen LogP contribution in [0.4, 0.5) is 16.3 Å². The van der Waals surface area contributed by atoms with Crippen molar-refractivity contribution in [3.63, 3.8) is 0 Å². The normalized spacial score (nSPS) is 10.3. The van der Waals surface area contributed by atoms with Crippen LogP contribution >= 0.6 is 0 Å². The number of nitrogen functional groups attached to an aromatic ring is 1. The average molecular weight is 265 g/mol. The van der Waals surface area contributed by atoms with E-state index in [0.29, 0.717) is 18.1 Å². The number of hydrogen-bond donors (Lipinski definition) is 5. The van der Waals surface area contributed by atoms with Crippen LogP contribution in [0.3, 0.4) is 0 Å². The molecule has 19 heavy (non-hydrogen) atoms. The van der Waals surface area contributed by atoms with Gasteiger partial charge in [0, 0.05) is 19.3 Å². The Labute approximate surface area is 109 Å². The number of nitrogens with one attached hydrogen (secondary N) is 2. The van der Waals surface area contributed by atoms with Crippen molar-refractivity contribution in [3.05, 3.63) is 30.0 Å². The molecule has 0 aliphatic rings. The van der Waals surface area contributed by atoms with Crippen molar-refractivity contribution in [2.45, 2.75) is 0 Å². The summed E-state index contributed by atoms with van der Waals surface area (Å²) in [5.74, 6) is -0.161. The second kappa shape index (κ2) is 6.84. The number of carbonyl (C=O) groups excluding carboxylic acids is 1. The van der Waals surface area contributed by atoms with Gasteiger partial charge in [0.15, 0.2) is 0 Å². The highest BCUT2D eigenvalue weighted by molar-refractivity contribution is 5.94. The fourth-order valence-corrected chi connectivity index (χ4v) is 1.23. The van der Waals surface area contributed by atoms with Gasteiger partial charge in [-0.15, -0.1) is 0 Å². The lowest BCUT2D eigenvalue weighted by molar-refractivity contribution is 0.1000. The molecule has 1 aromatic rings. The molecule has 8 heteroatoms. The molecule has 0 unspecified atom stereocenters. The summed E-state index contributed by atoms with van der Waals surface area (Å²) in [6.07, 6.45) is 3.62. The number of rotatable bonds is 6. The second-order valence-corrected chi connectivity index (χ2v) is 3.56. The highest BCUT2D eigenvalue weighted by Gasteiger charge is 2.05. The van der Waals surface area contributed by atoms with Crippen LogP contribution in [0.25, 0.3) is 0 Å². The molecule has 1 rings (SSSR count). The molecule has 0 fully saturated rings. The maximum atomic E-state index is 10.9. The Bertz CT molecular complexity index is 501. The largest absolute Gasteiger partial charge is 0.465 e. The summed E-state index contributed by atoms with van der Waals surface area (Å²) in [6.45, 7) is 0.648. The van der Waals surface area contributed by atoms with E-state index in [9.17, 15) is 9.59 Å². The van der Waals surface area contributed by atoms with Crippen molar-refractivity contribution < 1.29 is 14.7 Å². The molecule has 102 valence electrons. The number of carboxylic acid groups (broad SMARTS) is 1. The lowest BCUT2D eigenvalue weighted by atomic mass is 10.2. The van der Waals surface area contributed by atoms with Crippen LogP contribution in [-0.4, -0.2) is 35.2 Å². The third-order valence-corrected chi connectivity index (χ3v) is 2.13. The predicted octanol–water partition coefficient (Wildman–Crippen LogP) is -0.00160. The van der Waals surface area contributed by atoms with E-state index in [1.165, 1.54) is 12.3 Å². The maximum absolute atomic E-state index is 10.9.